The highest BCUT2D eigenvalue weighted by Gasteiger charge is 2.31. The lowest BCUT2D eigenvalue weighted by Gasteiger charge is -2.36. The molecule has 0 fully saturated rings. The van der Waals surface area contributed by atoms with E-state index in [1.165, 1.54) is 24.3 Å². The van der Waals surface area contributed by atoms with Crippen LogP contribution < -0.4 is 0 Å². The number of esters is 1. The summed E-state index contributed by atoms with van der Waals surface area (Å²) in [7, 11) is 3.12. The molecule has 0 aromatic heterocycles. The number of allylic oxidation sites excluding steroid dienone is 2. The Morgan fingerprint density at radius 1 is 1.41 bits per heavy atom. The van der Waals surface area contributed by atoms with Gasteiger partial charge in [0.25, 0.3) is 0 Å². The maximum Gasteiger partial charge on any atom is 0.330 e. The van der Waals surface area contributed by atoms with Gasteiger partial charge in [-0.2, -0.15) is 0 Å². The predicted molar refractivity (Wildman–Crippen MR) is 67.7 cm³/mol. The zero-order valence-electron chi connectivity index (χ0n) is 11.4. The van der Waals surface area contributed by atoms with Crippen LogP contribution in [0.15, 0.2) is 23.3 Å². The summed E-state index contributed by atoms with van der Waals surface area (Å²) in [6.45, 7) is 6.46. The molecule has 1 rings (SSSR count). The van der Waals surface area contributed by atoms with E-state index in [1.54, 1.807) is 7.11 Å². The number of carbonyl (C=O) groups excluding carboxylic acids is 1. The molecule has 0 aromatic carbocycles. The molecule has 1 aliphatic carbocycles. The van der Waals surface area contributed by atoms with E-state index in [0.717, 1.165) is 12.8 Å². The summed E-state index contributed by atoms with van der Waals surface area (Å²) < 4.78 is 10.1. The van der Waals surface area contributed by atoms with Gasteiger partial charge < -0.3 is 9.47 Å². The fourth-order valence-corrected chi connectivity index (χ4v) is 2.42. The van der Waals surface area contributed by atoms with Crippen LogP contribution in [0.25, 0.3) is 0 Å². The minimum Gasteiger partial charge on any atom is -0.466 e. The first-order valence-corrected chi connectivity index (χ1v) is 5.92. The third kappa shape index (κ3) is 3.19. The van der Waals surface area contributed by atoms with Crippen molar-refractivity contribution in [1.29, 1.82) is 0 Å². The molecule has 0 aromatic rings. The van der Waals surface area contributed by atoms with Gasteiger partial charge in [0.2, 0.25) is 0 Å². The molecule has 0 amide bonds. The first-order chi connectivity index (χ1) is 7.92. The molecule has 0 saturated carbocycles. The normalized spacial score (nSPS) is 24.2. The molecule has 0 bridgehead atoms. The third-order valence-electron chi connectivity index (χ3n) is 3.54. The Balaban J connectivity index is 3.04. The van der Waals surface area contributed by atoms with E-state index in [0.29, 0.717) is 0 Å². The predicted octanol–water partition coefficient (Wildman–Crippen LogP) is 2.87. The first-order valence-electron chi connectivity index (χ1n) is 5.92. The van der Waals surface area contributed by atoms with E-state index in [4.69, 9.17) is 4.74 Å². The standard InChI is InChI=1S/C14H22O3/c1-10-11(6-7-13(15)17-5)14(2,3)9-8-12(10)16-4/h6-7,12H,8-9H2,1-5H3/b7-6+. The SMILES string of the molecule is COC(=O)/C=C/C1=C(C)C(OC)CCC1(C)C. The van der Waals surface area contributed by atoms with Gasteiger partial charge >= 0.3 is 5.97 Å². The van der Waals surface area contributed by atoms with Gasteiger partial charge in [-0.1, -0.05) is 19.9 Å². The van der Waals surface area contributed by atoms with Gasteiger partial charge in [0.1, 0.15) is 0 Å². The van der Waals surface area contributed by atoms with Crippen LogP contribution in [0, 0.1) is 5.41 Å². The lowest BCUT2D eigenvalue weighted by Crippen LogP contribution is -2.28. The zero-order chi connectivity index (χ0) is 13.1. The van der Waals surface area contributed by atoms with E-state index >= 15 is 0 Å². The van der Waals surface area contributed by atoms with Crippen molar-refractivity contribution in [2.75, 3.05) is 14.2 Å². The van der Waals surface area contributed by atoms with Crippen molar-refractivity contribution < 1.29 is 14.3 Å². The second-order valence-electron chi connectivity index (χ2n) is 5.10. The van der Waals surface area contributed by atoms with E-state index in [-0.39, 0.29) is 17.5 Å². The number of carbonyl (C=O) groups is 1. The van der Waals surface area contributed by atoms with E-state index in [1.807, 2.05) is 6.08 Å². The Hall–Kier alpha value is -1.09. The monoisotopic (exact) mass is 238 g/mol. The van der Waals surface area contributed by atoms with Crippen molar-refractivity contribution in [3.63, 3.8) is 0 Å². The molecule has 96 valence electrons. The largest absolute Gasteiger partial charge is 0.466 e. The van der Waals surface area contributed by atoms with E-state index < -0.39 is 0 Å². The molecule has 0 aliphatic heterocycles. The van der Waals surface area contributed by atoms with Gasteiger partial charge in [0.05, 0.1) is 13.2 Å². The average Bonchev–Trinajstić information content (AvgIpc) is 2.28. The number of rotatable bonds is 3. The highest BCUT2D eigenvalue weighted by Crippen LogP contribution is 2.41. The minimum absolute atomic E-state index is 0.0869. The Bertz CT molecular complexity index is 350. The highest BCUT2D eigenvalue weighted by atomic mass is 16.5. The molecular formula is C14H22O3. The molecule has 0 N–H and O–H groups in total. The molecule has 0 saturated heterocycles. The van der Waals surface area contributed by atoms with Crippen LogP contribution in [0.3, 0.4) is 0 Å². The summed E-state index contributed by atoms with van der Waals surface area (Å²) in [6, 6.07) is 0. The lowest BCUT2D eigenvalue weighted by atomic mass is 9.71. The topological polar surface area (TPSA) is 35.5 Å². The van der Waals surface area contributed by atoms with Crippen molar-refractivity contribution in [2.24, 2.45) is 5.41 Å². The van der Waals surface area contributed by atoms with Crippen LogP contribution in [0.2, 0.25) is 0 Å². The molecule has 0 radical (unpaired) electrons. The molecule has 0 spiro atoms. The van der Waals surface area contributed by atoms with Crippen molar-refractivity contribution in [3.8, 4) is 0 Å². The lowest BCUT2D eigenvalue weighted by molar-refractivity contribution is -0.134. The van der Waals surface area contributed by atoms with Crippen molar-refractivity contribution >= 4 is 5.97 Å². The molecule has 1 atom stereocenters. The van der Waals surface area contributed by atoms with Crippen LogP contribution >= 0.6 is 0 Å². The van der Waals surface area contributed by atoms with Gasteiger partial charge in [-0.3, -0.25) is 0 Å². The molecule has 3 nitrogen and oxygen atoms in total. The zero-order valence-corrected chi connectivity index (χ0v) is 11.4. The maximum atomic E-state index is 11.2. The van der Waals surface area contributed by atoms with E-state index in [9.17, 15) is 4.79 Å². The van der Waals surface area contributed by atoms with Gasteiger partial charge in [-0.15, -0.1) is 0 Å². The summed E-state index contributed by atoms with van der Waals surface area (Å²) in [5, 5.41) is 0. The smallest absolute Gasteiger partial charge is 0.330 e. The molecule has 0 heterocycles. The molecule has 17 heavy (non-hydrogen) atoms. The molecule has 1 unspecified atom stereocenters. The van der Waals surface area contributed by atoms with Gasteiger partial charge in [0.15, 0.2) is 0 Å². The van der Waals surface area contributed by atoms with Crippen LogP contribution in [0.5, 0.6) is 0 Å². The third-order valence-corrected chi connectivity index (χ3v) is 3.54. The van der Waals surface area contributed by atoms with Gasteiger partial charge in [-0.25, -0.2) is 4.79 Å². The summed E-state index contributed by atoms with van der Waals surface area (Å²) >= 11 is 0. The molecule has 3 heteroatoms. The Morgan fingerprint density at radius 3 is 2.59 bits per heavy atom. The van der Waals surface area contributed by atoms with Gasteiger partial charge in [0, 0.05) is 13.2 Å². The fourth-order valence-electron chi connectivity index (χ4n) is 2.42. The second-order valence-corrected chi connectivity index (χ2v) is 5.10. The van der Waals surface area contributed by atoms with Crippen molar-refractivity contribution in [3.05, 3.63) is 23.3 Å². The molecule has 1 aliphatic rings. The maximum absolute atomic E-state index is 11.2. The van der Waals surface area contributed by atoms with Crippen molar-refractivity contribution in [1.82, 2.24) is 0 Å². The second kappa shape index (κ2) is 5.50. The molecular weight excluding hydrogens is 216 g/mol. The Labute approximate surface area is 103 Å². The summed E-state index contributed by atoms with van der Waals surface area (Å²) in [5.74, 6) is -0.319. The van der Waals surface area contributed by atoms with Crippen LogP contribution in [0.1, 0.15) is 33.6 Å². The van der Waals surface area contributed by atoms with Crippen LogP contribution in [-0.2, 0) is 14.3 Å². The van der Waals surface area contributed by atoms with Crippen LogP contribution in [0.4, 0.5) is 0 Å². The average molecular weight is 238 g/mol. The number of ether oxygens (including phenoxy) is 2. The number of hydrogen-bond donors (Lipinski definition) is 0. The fraction of sp³-hybridized carbons (Fsp3) is 0.643. The van der Waals surface area contributed by atoms with Crippen LogP contribution in [-0.4, -0.2) is 26.3 Å². The van der Waals surface area contributed by atoms with Crippen molar-refractivity contribution in [2.45, 2.75) is 39.7 Å². The highest BCUT2D eigenvalue weighted by molar-refractivity contribution is 5.82. The summed E-state index contributed by atoms with van der Waals surface area (Å²) in [6.07, 6.45) is 5.61. The Morgan fingerprint density at radius 2 is 2.06 bits per heavy atom. The number of methoxy groups -OCH3 is 2. The first kappa shape index (κ1) is 14.0. The van der Waals surface area contributed by atoms with Gasteiger partial charge in [-0.05, 0) is 36.3 Å². The Kier molecular flexibility index (Phi) is 4.52. The number of hydrogen-bond acceptors (Lipinski definition) is 3. The minimum atomic E-state index is -0.319. The quantitative estimate of drug-likeness (QED) is 0.560. The summed E-state index contributed by atoms with van der Waals surface area (Å²) in [5.41, 5.74) is 2.48. The summed E-state index contributed by atoms with van der Waals surface area (Å²) in [4.78, 5) is 11.2. The van der Waals surface area contributed by atoms with E-state index in [2.05, 4.69) is 25.5 Å².